The molecule has 0 amide bonds. The first-order chi connectivity index (χ1) is 18.7. The molecule has 1 N–H and O–H groups in total. The molecule has 0 heterocycles. The SMILES string of the molecule is COCOc1c(-c2ccc(OS(C)(=O)=O)cc2)cc(OC)c(-c2ccc(OCc3ccccc3)c(F)c2)c1O. The number of rotatable bonds is 11. The van der Waals surface area contributed by atoms with Gasteiger partial charge in [0.05, 0.1) is 18.9 Å². The van der Waals surface area contributed by atoms with E-state index in [1.54, 1.807) is 24.3 Å². The molecule has 0 aliphatic carbocycles. The quantitative estimate of drug-likeness (QED) is 0.184. The highest BCUT2D eigenvalue weighted by Crippen LogP contribution is 2.50. The third-order valence-corrected chi connectivity index (χ3v) is 6.13. The number of halogens is 1. The normalized spacial score (nSPS) is 11.2. The van der Waals surface area contributed by atoms with Gasteiger partial charge in [0.25, 0.3) is 0 Å². The Kier molecular flexibility index (Phi) is 8.58. The molecule has 204 valence electrons. The molecule has 0 atom stereocenters. The molecule has 0 unspecified atom stereocenters. The average molecular weight is 555 g/mol. The van der Waals surface area contributed by atoms with E-state index in [2.05, 4.69) is 0 Å². The molecule has 0 aliphatic heterocycles. The lowest BCUT2D eigenvalue weighted by molar-refractivity contribution is 0.0496. The topological polar surface area (TPSA) is 101 Å². The fraction of sp³-hybridized carbons (Fsp3) is 0.172. The summed E-state index contributed by atoms with van der Waals surface area (Å²) in [7, 11) is -0.836. The predicted octanol–water partition coefficient (Wildman–Crippen LogP) is 5.77. The van der Waals surface area contributed by atoms with Crippen molar-refractivity contribution in [3.63, 3.8) is 0 Å². The van der Waals surface area contributed by atoms with Gasteiger partial charge in [0.1, 0.15) is 18.1 Å². The van der Waals surface area contributed by atoms with Crippen LogP contribution in [0.3, 0.4) is 0 Å². The van der Waals surface area contributed by atoms with E-state index in [-0.39, 0.29) is 47.7 Å². The van der Waals surface area contributed by atoms with Crippen molar-refractivity contribution in [3.05, 3.63) is 90.2 Å². The Morgan fingerprint density at radius 2 is 1.54 bits per heavy atom. The molecule has 0 bridgehead atoms. The summed E-state index contributed by atoms with van der Waals surface area (Å²) in [5, 5.41) is 11.3. The van der Waals surface area contributed by atoms with Crippen LogP contribution in [-0.4, -0.2) is 40.8 Å². The zero-order valence-corrected chi connectivity index (χ0v) is 22.3. The maximum atomic E-state index is 15.1. The number of phenols is 1. The largest absolute Gasteiger partial charge is 0.504 e. The van der Waals surface area contributed by atoms with Crippen molar-refractivity contribution < 1.29 is 41.0 Å². The van der Waals surface area contributed by atoms with Gasteiger partial charge < -0.3 is 28.2 Å². The highest BCUT2D eigenvalue weighted by Gasteiger charge is 2.23. The first kappa shape index (κ1) is 27.7. The van der Waals surface area contributed by atoms with Gasteiger partial charge in [0.15, 0.2) is 29.9 Å². The summed E-state index contributed by atoms with van der Waals surface area (Å²) in [5.74, 6) is -0.413. The Hall–Kier alpha value is -4.28. The maximum absolute atomic E-state index is 15.1. The summed E-state index contributed by atoms with van der Waals surface area (Å²) in [6.07, 6.45) is 0.948. The molecule has 0 fully saturated rings. The number of ether oxygens (including phenoxy) is 4. The number of benzene rings is 4. The summed E-state index contributed by atoms with van der Waals surface area (Å²) < 4.78 is 64.8. The van der Waals surface area contributed by atoms with Crippen LogP contribution in [0.5, 0.6) is 28.7 Å². The summed E-state index contributed by atoms with van der Waals surface area (Å²) in [4.78, 5) is 0. The highest BCUT2D eigenvalue weighted by molar-refractivity contribution is 7.86. The molecule has 0 spiro atoms. The van der Waals surface area contributed by atoms with Crippen LogP contribution >= 0.6 is 0 Å². The minimum atomic E-state index is -3.69. The first-order valence-corrected chi connectivity index (χ1v) is 13.5. The fourth-order valence-corrected chi connectivity index (χ4v) is 4.38. The maximum Gasteiger partial charge on any atom is 0.306 e. The van der Waals surface area contributed by atoms with Gasteiger partial charge in [-0.25, -0.2) is 4.39 Å². The van der Waals surface area contributed by atoms with Crippen molar-refractivity contribution in [1.29, 1.82) is 0 Å². The molecule has 4 aromatic carbocycles. The van der Waals surface area contributed by atoms with Crippen molar-refractivity contribution in [2.24, 2.45) is 0 Å². The number of phenolic OH excluding ortho intramolecular Hbond substituents is 1. The summed E-state index contributed by atoms with van der Waals surface area (Å²) in [6, 6.07) is 21.5. The molecule has 0 aromatic heterocycles. The summed E-state index contributed by atoms with van der Waals surface area (Å²) in [5.41, 5.74) is 2.43. The molecule has 4 aromatic rings. The van der Waals surface area contributed by atoms with Crippen LogP contribution in [0.2, 0.25) is 0 Å². The smallest absolute Gasteiger partial charge is 0.306 e. The number of methoxy groups -OCH3 is 2. The van der Waals surface area contributed by atoms with E-state index in [0.29, 0.717) is 16.7 Å². The molecule has 0 saturated carbocycles. The molecular formula is C29H27FO8S. The van der Waals surface area contributed by atoms with Gasteiger partial charge in [-0.05, 0) is 47.0 Å². The van der Waals surface area contributed by atoms with E-state index in [1.807, 2.05) is 30.3 Å². The van der Waals surface area contributed by atoms with Gasteiger partial charge in [-0.2, -0.15) is 8.42 Å². The van der Waals surface area contributed by atoms with Gasteiger partial charge in [-0.3, -0.25) is 0 Å². The van der Waals surface area contributed by atoms with Crippen LogP contribution in [-0.2, 0) is 21.5 Å². The van der Waals surface area contributed by atoms with E-state index in [1.165, 1.54) is 38.5 Å². The van der Waals surface area contributed by atoms with Gasteiger partial charge in [-0.1, -0.05) is 48.5 Å². The van der Waals surface area contributed by atoms with E-state index in [4.69, 9.17) is 23.1 Å². The monoisotopic (exact) mass is 554 g/mol. The first-order valence-electron chi connectivity index (χ1n) is 11.7. The highest BCUT2D eigenvalue weighted by atomic mass is 32.2. The van der Waals surface area contributed by atoms with Crippen molar-refractivity contribution in [2.75, 3.05) is 27.3 Å². The van der Waals surface area contributed by atoms with Crippen LogP contribution in [0.4, 0.5) is 4.39 Å². The lowest BCUT2D eigenvalue weighted by Crippen LogP contribution is -2.05. The molecule has 39 heavy (non-hydrogen) atoms. The minimum Gasteiger partial charge on any atom is -0.504 e. The number of hydrogen-bond donors (Lipinski definition) is 1. The van der Waals surface area contributed by atoms with E-state index >= 15 is 4.39 Å². The molecule has 10 heteroatoms. The second kappa shape index (κ2) is 12.1. The van der Waals surface area contributed by atoms with E-state index in [9.17, 15) is 13.5 Å². The van der Waals surface area contributed by atoms with Crippen molar-refractivity contribution >= 4 is 10.1 Å². The Morgan fingerprint density at radius 1 is 0.846 bits per heavy atom. The van der Waals surface area contributed by atoms with Crippen molar-refractivity contribution in [3.8, 4) is 51.0 Å². The molecule has 8 nitrogen and oxygen atoms in total. The van der Waals surface area contributed by atoms with Gasteiger partial charge in [-0.15, -0.1) is 0 Å². The molecule has 0 saturated heterocycles. The van der Waals surface area contributed by atoms with Crippen LogP contribution in [0, 0.1) is 5.82 Å². The minimum absolute atomic E-state index is 0.0601. The third kappa shape index (κ3) is 6.78. The van der Waals surface area contributed by atoms with Gasteiger partial charge >= 0.3 is 10.1 Å². The molecule has 4 rings (SSSR count). The lowest BCUT2D eigenvalue weighted by atomic mass is 9.96. The average Bonchev–Trinajstić information content (AvgIpc) is 2.91. The molecular weight excluding hydrogens is 527 g/mol. The molecule has 0 aliphatic rings. The Balaban J connectivity index is 1.72. The second-order valence-corrected chi connectivity index (χ2v) is 10.0. The summed E-state index contributed by atoms with van der Waals surface area (Å²) in [6.45, 7) is 0.0195. The van der Waals surface area contributed by atoms with Gasteiger partial charge in [0.2, 0.25) is 0 Å². The van der Waals surface area contributed by atoms with E-state index < -0.39 is 15.9 Å². The standard InChI is InChI=1S/C29H27FO8S/c1-34-18-37-29-23(20-9-12-22(13-10-20)38-39(3,32)33)16-26(35-2)27(28(29)31)21-11-14-25(24(30)15-21)36-17-19-7-5-4-6-8-19/h4-16,31H,17-18H2,1-3H3. The molecule has 0 radical (unpaired) electrons. The number of hydrogen-bond acceptors (Lipinski definition) is 8. The zero-order chi connectivity index (χ0) is 28.0. The Bertz CT molecular complexity index is 1540. The van der Waals surface area contributed by atoms with Crippen LogP contribution in [0.25, 0.3) is 22.3 Å². The van der Waals surface area contributed by atoms with Gasteiger partial charge in [0, 0.05) is 12.7 Å². The number of aromatic hydroxyl groups is 1. The Labute approximate surface area is 226 Å². The van der Waals surface area contributed by atoms with Crippen LogP contribution in [0.15, 0.2) is 78.9 Å². The zero-order valence-electron chi connectivity index (χ0n) is 21.5. The van der Waals surface area contributed by atoms with Crippen molar-refractivity contribution in [1.82, 2.24) is 0 Å². The second-order valence-electron chi connectivity index (χ2n) is 8.46. The van der Waals surface area contributed by atoms with Crippen LogP contribution < -0.4 is 18.4 Å². The van der Waals surface area contributed by atoms with Crippen LogP contribution in [0.1, 0.15) is 5.56 Å². The van der Waals surface area contributed by atoms with E-state index in [0.717, 1.165) is 11.8 Å². The third-order valence-electron chi connectivity index (χ3n) is 5.63. The predicted molar refractivity (Wildman–Crippen MR) is 144 cm³/mol. The summed E-state index contributed by atoms with van der Waals surface area (Å²) >= 11 is 0. The lowest BCUT2D eigenvalue weighted by Gasteiger charge is -2.19. The Morgan fingerprint density at radius 3 is 2.15 bits per heavy atom. The van der Waals surface area contributed by atoms with Crippen molar-refractivity contribution in [2.45, 2.75) is 6.61 Å². The fourth-order valence-electron chi connectivity index (χ4n) is 3.92.